The van der Waals surface area contributed by atoms with E-state index < -0.39 is 0 Å². The third kappa shape index (κ3) is 3.52. The minimum atomic E-state index is -0.380. The van der Waals surface area contributed by atoms with Gasteiger partial charge >= 0.3 is 0 Å². The van der Waals surface area contributed by atoms with Gasteiger partial charge in [-0.05, 0) is 48.5 Å². The van der Waals surface area contributed by atoms with Crippen LogP contribution >= 0.6 is 0 Å². The first kappa shape index (κ1) is 19.6. The molecule has 5 rings (SSSR count). The van der Waals surface area contributed by atoms with Gasteiger partial charge < -0.3 is 18.3 Å². The first-order chi connectivity index (χ1) is 15.6. The van der Waals surface area contributed by atoms with E-state index in [0.29, 0.717) is 27.9 Å². The van der Waals surface area contributed by atoms with E-state index in [1.54, 1.807) is 67.8 Å². The molecule has 0 aliphatic rings. The fourth-order valence-electron chi connectivity index (χ4n) is 3.52. The Morgan fingerprint density at radius 2 is 1.59 bits per heavy atom. The Bertz CT molecular complexity index is 1460. The van der Waals surface area contributed by atoms with Crippen LogP contribution in [0.25, 0.3) is 33.3 Å². The minimum absolute atomic E-state index is 0.0293. The quantitative estimate of drug-likeness (QED) is 0.335. The van der Waals surface area contributed by atoms with E-state index in [-0.39, 0.29) is 35.1 Å². The van der Waals surface area contributed by atoms with Crippen molar-refractivity contribution in [2.75, 3.05) is 13.7 Å². The third-order valence-corrected chi connectivity index (χ3v) is 5.16. The molecule has 0 N–H and O–H groups in total. The van der Waals surface area contributed by atoms with Gasteiger partial charge in [0.15, 0.2) is 18.1 Å². The second-order valence-electron chi connectivity index (χ2n) is 7.17. The van der Waals surface area contributed by atoms with Crippen LogP contribution in [0.15, 0.2) is 92.5 Å². The molecule has 5 aromatic rings. The number of methoxy groups -OCH3 is 1. The summed E-state index contributed by atoms with van der Waals surface area (Å²) in [6.07, 6.45) is 0. The van der Waals surface area contributed by atoms with Crippen LogP contribution < -0.4 is 14.9 Å². The molecule has 158 valence electrons. The molecular weight excluding hydrogens is 408 g/mol. The highest BCUT2D eigenvalue weighted by atomic mass is 16.5. The summed E-state index contributed by atoms with van der Waals surface area (Å²) in [5, 5.41) is 1.19. The van der Waals surface area contributed by atoms with Gasteiger partial charge in [0, 0.05) is 10.9 Å². The fourth-order valence-corrected chi connectivity index (χ4v) is 3.52. The third-order valence-electron chi connectivity index (χ3n) is 5.16. The van der Waals surface area contributed by atoms with Crippen molar-refractivity contribution in [2.24, 2.45) is 0 Å². The zero-order valence-electron chi connectivity index (χ0n) is 17.2. The lowest BCUT2D eigenvalue weighted by molar-refractivity contribution is 0.0894. The Kier molecular flexibility index (Phi) is 4.95. The van der Waals surface area contributed by atoms with E-state index in [1.165, 1.54) is 0 Å². The number of furan rings is 1. The van der Waals surface area contributed by atoms with Gasteiger partial charge in [-0.25, -0.2) is 0 Å². The van der Waals surface area contributed by atoms with Crippen LogP contribution in [0.5, 0.6) is 11.5 Å². The Balaban J connectivity index is 1.53. The molecule has 6 nitrogen and oxygen atoms in total. The second kappa shape index (κ2) is 8.07. The molecule has 2 heterocycles. The van der Waals surface area contributed by atoms with E-state index in [1.807, 2.05) is 18.2 Å². The molecular formula is C26H18O6. The smallest absolute Gasteiger partial charge is 0.235 e. The summed E-state index contributed by atoms with van der Waals surface area (Å²) in [7, 11) is 1.57. The topological polar surface area (TPSA) is 78.9 Å². The van der Waals surface area contributed by atoms with E-state index in [2.05, 4.69) is 0 Å². The molecule has 0 saturated carbocycles. The van der Waals surface area contributed by atoms with E-state index >= 15 is 0 Å². The van der Waals surface area contributed by atoms with Crippen molar-refractivity contribution >= 4 is 27.7 Å². The molecule has 2 aromatic heterocycles. The number of carbonyl (C=O) groups is 1. The van der Waals surface area contributed by atoms with E-state index in [9.17, 15) is 9.59 Å². The van der Waals surface area contributed by atoms with Crippen LogP contribution in [0, 0.1) is 0 Å². The maximum atomic E-state index is 13.2. The summed E-state index contributed by atoms with van der Waals surface area (Å²) >= 11 is 0. The lowest BCUT2D eigenvalue weighted by Crippen LogP contribution is -2.16. The lowest BCUT2D eigenvalue weighted by Gasteiger charge is -2.11. The highest BCUT2D eigenvalue weighted by molar-refractivity contribution is 5.98. The Hall–Kier alpha value is -4.32. The summed E-state index contributed by atoms with van der Waals surface area (Å²) in [5.41, 5.74) is 1.31. The second-order valence-corrected chi connectivity index (χ2v) is 7.17. The number of Topliss-reactive ketones (excluding diaryl/α,β-unsaturated/α-hetero) is 1. The molecule has 0 fully saturated rings. The normalized spacial score (nSPS) is 11.0. The lowest BCUT2D eigenvalue weighted by atomic mass is 10.1. The van der Waals surface area contributed by atoms with Gasteiger partial charge in [-0.1, -0.05) is 30.3 Å². The average molecular weight is 426 g/mol. The van der Waals surface area contributed by atoms with Gasteiger partial charge in [0.2, 0.25) is 17.0 Å². The molecule has 0 spiro atoms. The van der Waals surface area contributed by atoms with E-state index in [4.69, 9.17) is 18.3 Å². The predicted molar refractivity (Wildman–Crippen MR) is 121 cm³/mol. The molecule has 32 heavy (non-hydrogen) atoms. The van der Waals surface area contributed by atoms with Crippen LogP contribution in [0.2, 0.25) is 0 Å². The molecule has 6 heteroatoms. The van der Waals surface area contributed by atoms with Gasteiger partial charge in [-0.3, -0.25) is 9.59 Å². The van der Waals surface area contributed by atoms with Gasteiger partial charge in [0.25, 0.3) is 0 Å². The van der Waals surface area contributed by atoms with Crippen molar-refractivity contribution in [3.63, 3.8) is 0 Å². The molecule has 0 amide bonds. The summed E-state index contributed by atoms with van der Waals surface area (Å²) < 4.78 is 22.6. The number of fused-ring (bicyclic) bond motifs is 2. The molecule has 3 aromatic carbocycles. The van der Waals surface area contributed by atoms with Crippen LogP contribution in [-0.4, -0.2) is 19.5 Å². The van der Waals surface area contributed by atoms with Gasteiger partial charge in [0.1, 0.15) is 16.9 Å². The highest BCUT2D eigenvalue weighted by Crippen LogP contribution is 2.32. The maximum Gasteiger partial charge on any atom is 0.235 e. The zero-order chi connectivity index (χ0) is 22.1. The Labute approximate surface area is 182 Å². The number of hydrogen-bond acceptors (Lipinski definition) is 6. The van der Waals surface area contributed by atoms with Crippen molar-refractivity contribution in [1.82, 2.24) is 0 Å². The average Bonchev–Trinajstić information content (AvgIpc) is 3.28. The number of ether oxygens (including phenoxy) is 2. The number of ketones is 1. The summed E-state index contributed by atoms with van der Waals surface area (Å²) in [4.78, 5) is 25.9. The SMILES string of the molecule is COc1ccc(-c2oc3ccccc3c(=O)c2OCC(=O)c2cc3ccccc3o2)cc1. The maximum absolute atomic E-state index is 13.2. The number of benzene rings is 3. The molecule has 0 aliphatic carbocycles. The van der Waals surface area contributed by atoms with Crippen molar-refractivity contribution in [2.45, 2.75) is 0 Å². The van der Waals surface area contributed by atoms with Crippen molar-refractivity contribution in [3.8, 4) is 22.8 Å². The summed E-state index contributed by atoms with van der Waals surface area (Å²) in [6, 6.07) is 22.9. The molecule has 0 radical (unpaired) electrons. The van der Waals surface area contributed by atoms with Gasteiger partial charge in [-0.15, -0.1) is 0 Å². The monoisotopic (exact) mass is 426 g/mol. The van der Waals surface area contributed by atoms with Crippen LogP contribution in [-0.2, 0) is 0 Å². The van der Waals surface area contributed by atoms with Crippen molar-refractivity contribution in [3.05, 3.63) is 94.8 Å². The molecule has 0 bridgehead atoms. The van der Waals surface area contributed by atoms with Crippen LogP contribution in [0.1, 0.15) is 10.6 Å². The standard InChI is InChI=1S/C26H18O6/c1-29-18-12-10-16(11-13-18)25-26(24(28)19-7-3-5-9-22(19)32-25)30-15-20(27)23-14-17-6-2-4-8-21(17)31-23/h2-14H,15H2,1H3. The number of para-hydroxylation sites is 2. The highest BCUT2D eigenvalue weighted by Gasteiger charge is 2.20. The Morgan fingerprint density at radius 3 is 2.34 bits per heavy atom. The predicted octanol–water partition coefficient (Wildman–Crippen LogP) is 5.48. The van der Waals surface area contributed by atoms with Gasteiger partial charge in [-0.2, -0.15) is 0 Å². The molecule has 0 unspecified atom stereocenters. The fraction of sp³-hybridized carbons (Fsp3) is 0.0769. The number of carbonyl (C=O) groups excluding carboxylic acids is 1. The first-order valence-electron chi connectivity index (χ1n) is 9.99. The summed E-state index contributed by atoms with van der Waals surface area (Å²) in [6.45, 7) is -0.369. The largest absolute Gasteiger partial charge is 0.497 e. The van der Waals surface area contributed by atoms with Crippen LogP contribution in [0.3, 0.4) is 0 Å². The summed E-state index contributed by atoms with van der Waals surface area (Å²) in [5.74, 6) is 0.670. The van der Waals surface area contributed by atoms with Crippen LogP contribution in [0.4, 0.5) is 0 Å². The first-order valence-corrected chi connectivity index (χ1v) is 9.99. The minimum Gasteiger partial charge on any atom is -0.497 e. The molecule has 0 saturated heterocycles. The van der Waals surface area contributed by atoms with Crippen molar-refractivity contribution < 1.29 is 23.1 Å². The van der Waals surface area contributed by atoms with Gasteiger partial charge in [0.05, 0.1) is 12.5 Å². The van der Waals surface area contributed by atoms with Crippen molar-refractivity contribution in [1.29, 1.82) is 0 Å². The molecule has 0 aliphatic heterocycles. The number of hydrogen-bond donors (Lipinski definition) is 0. The number of rotatable bonds is 6. The zero-order valence-corrected chi connectivity index (χ0v) is 17.2. The molecule has 0 atom stereocenters. The van der Waals surface area contributed by atoms with E-state index in [0.717, 1.165) is 5.39 Å². The Morgan fingerprint density at radius 1 is 0.875 bits per heavy atom.